The maximum Gasteiger partial charge on any atom is 0.0989 e. The molecule has 0 radical (unpaired) electrons. The molecule has 1 rings (SSSR count). The lowest BCUT2D eigenvalue weighted by Crippen LogP contribution is -2.18. The molecule has 1 atom stereocenters. The van der Waals surface area contributed by atoms with Crippen molar-refractivity contribution in [2.24, 2.45) is 5.41 Å². The number of aliphatic hydroxyl groups excluding tert-OH is 1. The highest BCUT2D eigenvalue weighted by atomic mass is 28.3. The molecule has 0 aromatic heterocycles. The number of allylic oxidation sites excluding steroid dienone is 4. The average molecular weight is 313 g/mol. The normalized spacial score (nSPS) is 20.5. The number of hydrogen-bond donors (Lipinski definition) is 1. The molecule has 0 spiro atoms. The fourth-order valence-corrected chi connectivity index (χ4v) is 3.22. The van der Waals surface area contributed by atoms with E-state index in [1.807, 2.05) is 6.92 Å². The predicted molar refractivity (Wildman–Crippen MR) is 92.9 cm³/mol. The van der Waals surface area contributed by atoms with Gasteiger partial charge in [0.2, 0.25) is 0 Å². The molecule has 1 aliphatic carbocycles. The summed E-state index contributed by atoms with van der Waals surface area (Å²) >= 11 is 0. The standard InChI is InChI=1S/C18H33FOSi/c1-15(9-7-6-8-14-21(3,4)5)16(19)10-11-17(20)18(2)12-13-18/h6,8,17,20H,7,9-14H2,1-5H3/b8-6-,16-15-. The van der Waals surface area contributed by atoms with Gasteiger partial charge in [0, 0.05) is 14.5 Å². The largest absolute Gasteiger partial charge is 0.393 e. The first kappa shape index (κ1) is 18.6. The van der Waals surface area contributed by atoms with Crippen molar-refractivity contribution in [3.8, 4) is 0 Å². The summed E-state index contributed by atoms with van der Waals surface area (Å²) in [4.78, 5) is 0. The van der Waals surface area contributed by atoms with E-state index < -0.39 is 8.07 Å². The zero-order valence-electron chi connectivity index (χ0n) is 14.5. The van der Waals surface area contributed by atoms with E-state index in [1.54, 1.807) is 0 Å². The van der Waals surface area contributed by atoms with Crippen LogP contribution in [0.25, 0.3) is 0 Å². The lowest BCUT2D eigenvalue weighted by Gasteiger charge is -2.17. The van der Waals surface area contributed by atoms with E-state index in [4.69, 9.17) is 0 Å². The lowest BCUT2D eigenvalue weighted by atomic mass is 9.96. The van der Waals surface area contributed by atoms with Crippen LogP contribution in [0.15, 0.2) is 23.6 Å². The quantitative estimate of drug-likeness (QED) is 0.418. The van der Waals surface area contributed by atoms with Crippen LogP contribution in [0.1, 0.15) is 52.4 Å². The van der Waals surface area contributed by atoms with Crippen LogP contribution in [0.4, 0.5) is 4.39 Å². The minimum Gasteiger partial charge on any atom is -0.393 e. The van der Waals surface area contributed by atoms with Crippen LogP contribution in [0, 0.1) is 5.41 Å². The highest BCUT2D eigenvalue weighted by molar-refractivity contribution is 6.76. The Labute approximate surface area is 131 Å². The molecule has 0 aliphatic heterocycles. The first-order valence-corrected chi connectivity index (χ1v) is 12.0. The SMILES string of the molecule is C/C(CC/C=C\C[Si](C)(C)C)=C(/F)CCC(O)C1(C)CC1. The molecule has 0 heterocycles. The van der Waals surface area contributed by atoms with Gasteiger partial charge >= 0.3 is 0 Å². The zero-order chi connectivity index (χ0) is 16.1. The van der Waals surface area contributed by atoms with Crippen molar-refractivity contribution >= 4 is 8.07 Å². The Kier molecular flexibility index (Phi) is 6.86. The van der Waals surface area contributed by atoms with Gasteiger partial charge < -0.3 is 5.11 Å². The number of aliphatic hydroxyl groups is 1. The summed E-state index contributed by atoms with van der Waals surface area (Å²) in [6, 6.07) is 1.20. The Morgan fingerprint density at radius 3 is 2.38 bits per heavy atom. The molecule has 1 nitrogen and oxygen atoms in total. The van der Waals surface area contributed by atoms with Gasteiger partial charge in [0.1, 0.15) is 0 Å². The lowest BCUT2D eigenvalue weighted by molar-refractivity contribution is 0.0929. The second-order valence-corrected chi connectivity index (χ2v) is 13.7. The Morgan fingerprint density at radius 1 is 1.24 bits per heavy atom. The molecule has 1 unspecified atom stereocenters. The van der Waals surface area contributed by atoms with Gasteiger partial charge in [-0.3, -0.25) is 0 Å². The van der Waals surface area contributed by atoms with Crippen molar-refractivity contribution in [3.05, 3.63) is 23.6 Å². The molecule has 1 N–H and O–H groups in total. The van der Waals surface area contributed by atoms with Crippen molar-refractivity contribution in [2.75, 3.05) is 0 Å². The molecule has 21 heavy (non-hydrogen) atoms. The molecule has 0 saturated heterocycles. The maximum atomic E-state index is 14.0. The van der Waals surface area contributed by atoms with E-state index in [0.717, 1.165) is 31.3 Å². The minimum absolute atomic E-state index is 0.0168. The molecule has 0 aromatic carbocycles. The third-order valence-corrected chi connectivity index (χ3v) is 5.99. The van der Waals surface area contributed by atoms with Gasteiger partial charge in [0.15, 0.2) is 0 Å². The van der Waals surface area contributed by atoms with E-state index in [1.165, 1.54) is 6.04 Å². The first-order chi connectivity index (χ1) is 9.64. The van der Waals surface area contributed by atoms with E-state index in [9.17, 15) is 9.50 Å². The molecular formula is C18H33FOSi. The molecule has 3 heteroatoms. The minimum atomic E-state index is -0.994. The summed E-state index contributed by atoms with van der Waals surface area (Å²) in [7, 11) is -0.994. The number of hydrogen-bond acceptors (Lipinski definition) is 1. The predicted octanol–water partition coefficient (Wildman–Crippen LogP) is 5.85. The summed E-state index contributed by atoms with van der Waals surface area (Å²) in [5, 5.41) is 10.0. The summed E-state index contributed by atoms with van der Waals surface area (Å²) in [5.74, 6) is -0.0168. The topological polar surface area (TPSA) is 20.2 Å². The van der Waals surface area contributed by atoms with Gasteiger partial charge in [-0.2, -0.15) is 0 Å². The smallest absolute Gasteiger partial charge is 0.0989 e. The second-order valence-electron chi connectivity index (χ2n) is 8.17. The number of halogens is 1. The van der Waals surface area contributed by atoms with Crippen LogP contribution >= 0.6 is 0 Å². The van der Waals surface area contributed by atoms with Crippen molar-refractivity contribution in [3.63, 3.8) is 0 Å². The highest BCUT2D eigenvalue weighted by Crippen LogP contribution is 2.49. The van der Waals surface area contributed by atoms with Crippen LogP contribution < -0.4 is 0 Å². The summed E-state index contributed by atoms with van der Waals surface area (Å²) in [6.45, 7) is 11.0. The monoisotopic (exact) mass is 312 g/mol. The molecule has 0 amide bonds. The fourth-order valence-electron chi connectivity index (χ4n) is 2.35. The Bertz CT molecular complexity index is 389. The van der Waals surface area contributed by atoms with Crippen LogP contribution in [-0.4, -0.2) is 19.3 Å². The van der Waals surface area contributed by atoms with Crippen molar-refractivity contribution in [2.45, 2.75) is 84.2 Å². The van der Waals surface area contributed by atoms with Crippen LogP contribution in [0.5, 0.6) is 0 Å². The fraction of sp³-hybridized carbons (Fsp3) is 0.778. The van der Waals surface area contributed by atoms with E-state index in [2.05, 4.69) is 38.7 Å². The molecule has 122 valence electrons. The van der Waals surface area contributed by atoms with Gasteiger partial charge in [0.25, 0.3) is 0 Å². The average Bonchev–Trinajstić information content (AvgIpc) is 3.12. The van der Waals surface area contributed by atoms with E-state index in [-0.39, 0.29) is 17.3 Å². The summed E-state index contributed by atoms with van der Waals surface area (Å²) in [5.41, 5.74) is 0.925. The van der Waals surface area contributed by atoms with E-state index in [0.29, 0.717) is 12.8 Å². The van der Waals surface area contributed by atoms with E-state index >= 15 is 0 Å². The summed E-state index contributed by atoms with van der Waals surface area (Å²) in [6.07, 6.45) is 8.94. The third-order valence-electron chi connectivity index (χ3n) is 4.53. The Hall–Kier alpha value is -0.413. The van der Waals surface area contributed by atoms with Gasteiger partial charge in [-0.05, 0) is 56.1 Å². The Morgan fingerprint density at radius 2 is 1.86 bits per heavy atom. The van der Waals surface area contributed by atoms with Crippen molar-refractivity contribution < 1.29 is 9.50 Å². The molecular weight excluding hydrogens is 279 g/mol. The number of rotatable bonds is 9. The molecule has 1 fully saturated rings. The van der Waals surface area contributed by atoms with Gasteiger partial charge in [-0.25, -0.2) is 4.39 Å². The van der Waals surface area contributed by atoms with Crippen molar-refractivity contribution in [1.29, 1.82) is 0 Å². The van der Waals surface area contributed by atoms with Gasteiger partial charge in [-0.1, -0.05) is 38.7 Å². The Balaban J connectivity index is 2.26. The molecule has 1 saturated carbocycles. The molecule has 0 bridgehead atoms. The van der Waals surface area contributed by atoms with Crippen LogP contribution in [0.3, 0.4) is 0 Å². The first-order valence-electron chi connectivity index (χ1n) is 8.31. The zero-order valence-corrected chi connectivity index (χ0v) is 15.5. The van der Waals surface area contributed by atoms with Gasteiger partial charge in [-0.15, -0.1) is 0 Å². The van der Waals surface area contributed by atoms with Crippen LogP contribution in [0.2, 0.25) is 25.7 Å². The molecule has 1 aliphatic rings. The van der Waals surface area contributed by atoms with Crippen LogP contribution in [-0.2, 0) is 0 Å². The maximum absolute atomic E-state index is 14.0. The highest BCUT2D eigenvalue weighted by Gasteiger charge is 2.43. The summed E-state index contributed by atoms with van der Waals surface area (Å²) < 4.78 is 14.0. The van der Waals surface area contributed by atoms with Gasteiger partial charge in [0.05, 0.1) is 11.9 Å². The second kappa shape index (κ2) is 7.73. The van der Waals surface area contributed by atoms with Crippen molar-refractivity contribution in [1.82, 2.24) is 0 Å². The third kappa shape index (κ3) is 7.41. The molecule has 0 aromatic rings.